The van der Waals surface area contributed by atoms with Crippen molar-refractivity contribution in [3.05, 3.63) is 33.2 Å². The molecule has 6 nitrogen and oxygen atoms in total. The molecule has 1 fully saturated rings. The minimum atomic E-state index is -0.528. The highest BCUT2D eigenvalue weighted by Gasteiger charge is 2.25. The highest BCUT2D eigenvalue weighted by molar-refractivity contribution is 5.95. The number of carbonyl (C=O) groups is 1. The Hall–Kier alpha value is -1.82. The van der Waals surface area contributed by atoms with Gasteiger partial charge in [0, 0.05) is 12.0 Å². The fourth-order valence-electron chi connectivity index (χ4n) is 2.58. The summed E-state index contributed by atoms with van der Waals surface area (Å²) in [4.78, 5) is 23.3. The molecular weight excluding hydrogens is 232 g/mol. The number of hydrogen-bond acceptors (Lipinski definition) is 4. The maximum atomic E-state index is 11.7. The molecule has 0 atom stereocenters. The smallest absolute Gasteiger partial charge is 0.269 e. The Balaban J connectivity index is 2.61. The van der Waals surface area contributed by atoms with Gasteiger partial charge in [-0.25, -0.2) is 4.68 Å². The molecule has 1 aliphatic heterocycles. The van der Waals surface area contributed by atoms with Gasteiger partial charge in [-0.15, -0.1) is 0 Å². The third-order valence-electron chi connectivity index (χ3n) is 3.46. The SMILES string of the molecule is Cc1cc(=O)n(N)c(C2CCNCC2)c1C(N)=O. The van der Waals surface area contributed by atoms with Crippen LogP contribution in [0.25, 0.3) is 0 Å². The van der Waals surface area contributed by atoms with Crippen molar-refractivity contribution in [3.8, 4) is 0 Å². The van der Waals surface area contributed by atoms with E-state index in [4.69, 9.17) is 11.6 Å². The van der Waals surface area contributed by atoms with E-state index in [1.807, 2.05) is 0 Å². The molecule has 0 aromatic carbocycles. The number of pyridine rings is 1. The molecule has 6 heteroatoms. The van der Waals surface area contributed by atoms with Crippen molar-refractivity contribution in [2.24, 2.45) is 5.73 Å². The number of nitrogens with zero attached hydrogens (tertiary/aromatic N) is 1. The fourth-order valence-corrected chi connectivity index (χ4v) is 2.58. The van der Waals surface area contributed by atoms with Crippen LogP contribution in [0.5, 0.6) is 0 Å². The summed E-state index contributed by atoms with van der Waals surface area (Å²) in [6.07, 6.45) is 1.70. The molecule has 0 bridgehead atoms. The maximum Gasteiger partial charge on any atom is 0.269 e. The maximum absolute atomic E-state index is 11.7. The van der Waals surface area contributed by atoms with Crippen LogP contribution in [0, 0.1) is 6.92 Å². The zero-order valence-electron chi connectivity index (χ0n) is 10.4. The molecule has 5 N–H and O–H groups in total. The molecule has 18 heavy (non-hydrogen) atoms. The van der Waals surface area contributed by atoms with Crippen molar-refractivity contribution in [3.63, 3.8) is 0 Å². The lowest BCUT2D eigenvalue weighted by atomic mass is 9.89. The van der Waals surface area contributed by atoms with Gasteiger partial charge in [0.15, 0.2) is 0 Å². The van der Waals surface area contributed by atoms with Gasteiger partial charge in [-0.05, 0) is 38.4 Å². The lowest BCUT2D eigenvalue weighted by Crippen LogP contribution is -2.38. The Bertz CT molecular complexity index is 530. The quantitative estimate of drug-likeness (QED) is 0.612. The van der Waals surface area contributed by atoms with Crippen LogP contribution in [-0.4, -0.2) is 23.7 Å². The third kappa shape index (κ3) is 2.11. The number of nitrogens with two attached hydrogens (primary N) is 2. The number of carbonyl (C=O) groups excluding carboxylic acids is 1. The van der Waals surface area contributed by atoms with Crippen LogP contribution in [0.4, 0.5) is 0 Å². The van der Waals surface area contributed by atoms with E-state index in [1.165, 1.54) is 6.07 Å². The molecule has 0 radical (unpaired) electrons. The number of rotatable bonds is 2. The largest absolute Gasteiger partial charge is 0.366 e. The van der Waals surface area contributed by atoms with Crippen LogP contribution in [0.2, 0.25) is 0 Å². The predicted molar refractivity (Wildman–Crippen MR) is 69.0 cm³/mol. The summed E-state index contributed by atoms with van der Waals surface area (Å²) in [5.41, 5.74) is 6.69. The summed E-state index contributed by atoms with van der Waals surface area (Å²) in [7, 11) is 0. The zero-order chi connectivity index (χ0) is 13.3. The van der Waals surface area contributed by atoms with Gasteiger partial charge in [-0.3, -0.25) is 9.59 Å². The average Bonchev–Trinajstić information content (AvgIpc) is 2.34. The van der Waals surface area contributed by atoms with Crippen LogP contribution in [0.1, 0.15) is 40.4 Å². The van der Waals surface area contributed by atoms with Crippen molar-refractivity contribution in [1.82, 2.24) is 9.99 Å². The van der Waals surface area contributed by atoms with Gasteiger partial charge < -0.3 is 16.9 Å². The molecule has 0 unspecified atom stereocenters. The number of nitrogens with one attached hydrogen (secondary N) is 1. The number of primary amides is 1. The molecule has 0 spiro atoms. The van der Waals surface area contributed by atoms with E-state index >= 15 is 0 Å². The predicted octanol–water partition coefficient (Wildman–Crippen LogP) is -0.564. The molecule has 2 heterocycles. The number of aryl methyl sites for hydroxylation is 1. The fraction of sp³-hybridized carbons (Fsp3) is 0.500. The zero-order valence-corrected chi connectivity index (χ0v) is 10.4. The second-order valence-electron chi connectivity index (χ2n) is 4.68. The van der Waals surface area contributed by atoms with Gasteiger partial charge in [-0.1, -0.05) is 0 Å². The molecule has 2 rings (SSSR count). The van der Waals surface area contributed by atoms with E-state index in [0.29, 0.717) is 16.8 Å². The lowest BCUT2D eigenvalue weighted by Gasteiger charge is -2.26. The Kier molecular flexibility index (Phi) is 3.38. The van der Waals surface area contributed by atoms with Crippen molar-refractivity contribution in [2.75, 3.05) is 18.9 Å². The summed E-state index contributed by atoms with van der Waals surface area (Å²) in [6.45, 7) is 3.42. The highest BCUT2D eigenvalue weighted by atomic mass is 16.1. The Labute approximate surface area is 105 Å². The summed E-state index contributed by atoms with van der Waals surface area (Å²) in [5.74, 6) is 5.37. The molecule has 98 valence electrons. The molecule has 1 aliphatic rings. The van der Waals surface area contributed by atoms with Crippen molar-refractivity contribution in [1.29, 1.82) is 0 Å². The first-order valence-corrected chi connectivity index (χ1v) is 6.04. The van der Waals surface area contributed by atoms with E-state index < -0.39 is 5.91 Å². The van der Waals surface area contributed by atoms with Crippen molar-refractivity contribution >= 4 is 5.91 Å². The summed E-state index contributed by atoms with van der Waals surface area (Å²) < 4.78 is 1.07. The average molecular weight is 250 g/mol. The summed E-state index contributed by atoms with van der Waals surface area (Å²) >= 11 is 0. The second kappa shape index (κ2) is 4.81. The summed E-state index contributed by atoms with van der Waals surface area (Å²) in [5, 5.41) is 3.24. The first-order valence-electron chi connectivity index (χ1n) is 6.04. The van der Waals surface area contributed by atoms with E-state index in [2.05, 4.69) is 5.32 Å². The van der Waals surface area contributed by atoms with Crippen molar-refractivity contribution in [2.45, 2.75) is 25.7 Å². The van der Waals surface area contributed by atoms with E-state index in [0.717, 1.165) is 30.6 Å². The van der Waals surface area contributed by atoms with Gasteiger partial charge in [-0.2, -0.15) is 0 Å². The number of amides is 1. The second-order valence-corrected chi connectivity index (χ2v) is 4.68. The molecule has 0 aliphatic carbocycles. The molecule has 1 aromatic rings. The Morgan fingerprint density at radius 3 is 2.61 bits per heavy atom. The van der Waals surface area contributed by atoms with Crippen LogP contribution in [0.15, 0.2) is 10.9 Å². The molecule has 0 saturated carbocycles. The molecule has 1 saturated heterocycles. The number of piperidine rings is 1. The number of nitrogen functional groups attached to an aromatic ring is 1. The number of hydrogen-bond donors (Lipinski definition) is 3. The topological polar surface area (TPSA) is 103 Å². The Morgan fingerprint density at radius 1 is 1.44 bits per heavy atom. The first-order chi connectivity index (χ1) is 8.52. The van der Waals surface area contributed by atoms with Gasteiger partial charge in [0.2, 0.25) is 0 Å². The van der Waals surface area contributed by atoms with Gasteiger partial charge in [0.25, 0.3) is 11.5 Å². The van der Waals surface area contributed by atoms with Gasteiger partial charge in [0.05, 0.1) is 11.3 Å². The van der Waals surface area contributed by atoms with Gasteiger partial charge >= 0.3 is 0 Å². The molecule has 1 amide bonds. The van der Waals surface area contributed by atoms with Crippen LogP contribution >= 0.6 is 0 Å². The van der Waals surface area contributed by atoms with E-state index in [9.17, 15) is 9.59 Å². The third-order valence-corrected chi connectivity index (χ3v) is 3.46. The minimum absolute atomic E-state index is 0.103. The van der Waals surface area contributed by atoms with Crippen molar-refractivity contribution < 1.29 is 4.79 Å². The minimum Gasteiger partial charge on any atom is -0.366 e. The first kappa shape index (κ1) is 12.6. The molecular formula is C12H18N4O2. The Morgan fingerprint density at radius 2 is 2.06 bits per heavy atom. The van der Waals surface area contributed by atoms with E-state index in [1.54, 1.807) is 6.92 Å². The van der Waals surface area contributed by atoms with Gasteiger partial charge in [0.1, 0.15) is 0 Å². The molecule has 1 aromatic heterocycles. The monoisotopic (exact) mass is 250 g/mol. The van der Waals surface area contributed by atoms with Crippen LogP contribution in [0.3, 0.4) is 0 Å². The highest BCUT2D eigenvalue weighted by Crippen LogP contribution is 2.27. The standard InChI is InChI=1S/C12H18N4O2/c1-7-6-9(17)16(14)11(10(7)12(13)18)8-2-4-15-5-3-8/h6,8,15H,2-5,14H2,1H3,(H2,13,18). The van der Waals surface area contributed by atoms with Crippen LogP contribution < -0.4 is 22.5 Å². The number of aromatic nitrogens is 1. The van der Waals surface area contributed by atoms with Crippen LogP contribution in [-0.2, 0) is 0 Å². The normalized spacial score (nSPS) is 16.7. The van der Waals surface area contributed by atoms with E-state index in [-0.39, 0.29) is 11.5 Å². The summed E-state index contributed by atoms with van der Waals surface area (Å²) in [6, 6.07) is 1.35. The lowest BCUT2D eigenvalue weighted by molar-refractivity contribution is 0.0997.